The molecular formula is C23H20N2O6S. The molecule has 0 aliphatic carbocycles. The molecule has 0 bridgehead atoms. The highest BCUT2D eigenvalue weighted by Crippen LogP contribution is 2.53. The smallest absolute Gasteiger partial charge is 0.353 e. The average Bonchev–Trinajstić information content (AvgIpc) is 3.08. The summed E-state index contributed by atoms with van der Waals surface area (Å²) in [5.74, 6) is -3.42. The minimum Gasteiger partial charge on any atom is -0.545 e. The maximum absolute atomic E-state index is 12.4. The number of pyridine rings is 1. The van der Waals surface area contributed by atoms with E-state index in [0.717, 1.165) is 11.6 Å². The topological polar surface area (TPSA) is 122 Å². The van der Waals surface area contributed by atoms with Gasteiger partial charge in [-0.1, -0.05) is 36.0 Å². The number of fused-ring (bicyclic) bond motifs is 1. The molecule has 0 radical (unpaired) electrons. The summed E-state index contributed by atoms with van der Waals surface area (Å²) < 4.78 is 1.90. The first kappa shape index (κ1) is 21.8. The number of rotatable bonds is 7. The normalized spacial score (nSPS) is 20.9. The number of benzene rings is 1. The molecule has 8 nitrogen and oxygen atoms in total. The first-order chi connectivity index (χ1) is 15.3. The van der Waals surface area contributed by atoms with Crippen LogP contribution in [-0.4, -0.2) is 44.4 Å². The van der Waals surface area contributed by atoms with Crippen molar-refractivity contribution in [1.82, 2.24) is 4.90 Å². The van der Waals surface area contributed by atoms with Crippen LogP contribution in [-0.2, 0) is 20.9 Å². The molecule has 9 heteroatoms. The SMILES string of the molecule is CC(O)[C@H]1C(=O)N2C(C(=O)O)=C(c3ccc(C[n+]4cccc(/C=C/C(=O)[O-])c4)cc3)S[C@H]12. The molecule has 3 heterocycles. The summed E-state index contributed by atoms with van der Waals surface area (Å²) in [6.07, 6.45) is 5.24. The minimum atomic E-state index is -1.26. The van der Waals surface area contributed by atoms with E-state index in [1.54, 1.807) is 12.3 Å². The number of carbonyl (C=O) groups excluding carboxylic acids is 2. The van der Waals surface area contributed by atoms with Crippen LogP contribution in [0.15, 0.2) is 60.6 Å². The van der Waals surface area contributed by atoms with E-state index in [4.69, 9.17) is 0 Å². The lowest BCUT2D eigenvalue weighted by atomic mass is 9.92. The van der Waals surface area contributed by atoms with Gasteiger partial charge in [0.1, 0.15) is 11.1 Å². The van der Waals surface area contributed by atoms with Gasteiger partial charge in [-0.25, -0.2) is 9.36 Å². The summed E-state index contributed by atoms with van der Waals surface area (Å²) in [5.41, 5.74) is 2.32. The number of carbonyl (C=O) groups is 3. The Kier molecular flexibility index (Phi) is 5.86. The van der Waals surface area contributed by atoms with Gasteiger partial charge in [0.05, 0.1) is 18.0 Å². The van der Waals surface area contributed by atoms with Crippen LogP contribution in [0.3, 0.4) is 0 Å². The van der Waals surface area contributed by atoms with Gasteiger partial charge in [0.15, 0.2) is 18.9 Å². The minimum absolute atomic E-state index is 0.0450. The van der Waals surface area contributed by atoms with Gasteiger partial charge in [-0.2, -0.15) is 0 Å². The summed E-state index contributed by atoms with van der Waals surface area (Å²) in [6.45, 7) is 2.07. The Morgan fingerprint density at radius 3 is 2.62 bits per heavy atom. The Morgan fingerprint density at radius 1 is 1.28 bits per heavy atom. The van der Waals surface area contributed by atoms with Crippen molar-refractivity contribution in [3.63, 3.8) is 0 Å². The average molecular weight is 452 g/mol. The van der Waals surface area contributed by atoms with Crippen molar-refractivity contribution in [3.8, 4) is 0 Å². The maximum Gasteiger partial charge on any atom is 0.353 e. The van der Waals surface area contributed by atoms with E-state index >= 15 is 0 Å². The number of carboxylic acid groups (broad SMARTS) is 2. The zero-order valence-corrected chi connectivity index (χ0v) is 17.9. The Labute approximate surface area is 188 Å². The quantitative estimate of drug-likeness (QED) is 0.355. The second kappa shape index (κ2) is 8.60. The lowest BCUT2D eigenvalue weighted by Gasteiger charge is -2.43. The molecule has 4 rings (SSSR count). The maximum atomic E-state index is 12.4. The molecule has 164 valence electrons. The van der Waals surface area contributed by atoms with Crippen molar-refractivity contribution in [2.45, 2.75) is 24.9 Å². The number of aliphatic hydroxyl groups is 1. The van der Waals surface area contributed by atoms with Gasteiger partial charge in [-0.3, -0.25) is 9.69 Å². The van der Waals surface area contributed by atoms with Gasteiger partial charge in [0.2, 0.25) is 5.91 Å². The van der Waals surface area contributed by atoms with Crippen molar-refractivity contribution < 1.29 is 34.3 Å². The lowest BCUT2D eigenvalue weighted by Crippen LogP contribution is -2.60. The van der Waals surface area contributed by atoms with Gasteiger partial charge < -0.3 is 20.1 Å². The first-order valence-electron chi connectivity index (χ1n) is 9.89. The van der Waals surface area contributed by atoms with Crippen LogP contribution in [0.5, 0.6) is 0 Å². The third-order valence-corrected chi connectivity index (χ3v) is 6.79. The summed E-state index contributed by atoms with van der Waals surface area (Å²) in [4.78, 5) is 36.6. The molecular weight excluding hydrogens is 432 g/mol. The summed E-state index contributed by atoms with van der Waals surface area (Å²) in [7, 11) is 0. The van der Waals surface area contributed by atoms with Crippen LogP contribution in [0, 0.1) is 5.92 Å². The number of thioether (sulfide) groups is 1. The Hall–Kier alpha value is -3.43. The molecule has 1 aromatic carbocycles. The van der Waals surface area contributed by atoms with Gasteiger partial charge in [-0.05, 0) is 30.7 Å². The molecule has 1 amide bonds. The molecule has 1 saturated heterocycles. The fourth-order valence-electron chi connectivity index (χ4n) is 3.86. The predicted octanol–water partition coefficient (Wildman–Crippen LogP) is 0.451. The van der Waals surface area contributed by atoms with Crippen LogP contribution in [0.4, 0.5) is 0 Å². The van der Waals surface area contributed by atoms with E-state index in [1.165, 1.54) is 29.7 Å². The third-order valence-electron chi connectivity index (χ3n) is 5.38. The van der Waals surface area contributed by atoms with Crippen LogP contribution >= 0.6 is 11.8 Å². The van der Waals surface area contributed by atoms with E-state index in [-0.39, 0.29) is 11.6 Å². The Morgan fingerprint density at radius 2 is 2.00 bits per heavy atom. The molecule has 1 unspecified atom stereocenters. The summed E-state index contributed by atoms with van der Waals surface area (Å²) >= 11 is 1.29. The third kappa shape index (κ3) is 4.04. The molecule has 1 fully saturated rings. The second-order valence-corrected chi connectivity index (χ2v) is 8.75. The molecule has 2 aliphatic rings. The number of aromatic nitrogens is 1. The number of aliphatic hydroxyl groups excluding tert-OH is 1. The molecule has 3 atom stereocenters. The Balaban J connectivity index is 1.54. The molecule has 0 spiro atoms. The number of β-lactam (4-membered cyclic amide) rings is 1. The van der Waals surface area contributed by atoms with Crippen molar-refractivity contribution in [2.24, 2.45) is 5.92 Å². The number of aliphatic carboxylic acids is 2. The molecule has 0 saturated carbocycles. The zero-order valence-electron chi connectivity index (χ0n) is 17.0. The van der Waals surface area contributed by atoms with Crippen molar-refractivity contribution in [1.29, 1.82) is 0 Å². The van der Waals surface area contributed by atoms with Crippen molar-refractivity contribution in [3.05, 3.63) is 77.3 Å². The Bertz CT molecular complexity index is 1160. The first-order valence-corrected chi connectivity index (χ1v) is 10.8. The highest BCUT2D eigenvalue weighted by Gasteiger charge is 2.57. The molecule has 1 aromatic heterocycles. The highest BCUT2D eigenvalue weighted by molar-refractivity contribution is 8.09. The van der Waals surface area contributed by atoms with E-state index in [2.05, 4.69) is 0 Å². The molecule has 2 aromatic rings. The van der Waals surface area contributed by atoms with E-state index in [0.29, 0.717) is 22.6 Å². The standard InChI is InChI=1S/C23H20N2O6S/c1-13(26)18-21(29)25-19(23(30)31)20(32-22(18)25)16-7-4-15(5-8-16)12-24-10-2-3-14(11-24)6-9-17(27)28/h2-11,13,18,22,26H,12H2,1H3,(H-,27,28,30,31)/b9-6+/t13?,18-,22+/m0/s1. The number of nitrogens with zero attached hydrogens (tertiary/aromatic N) is 2. The molecule has 32 heavy (non-hydrogen) atoms. The molecule has 2 N–H and O–H groups in total. The van der Waals surface area contributed by atoms with Crippen molar-refractivity contribution in [2.75, 3.05) is 0 Å². The van der Waals surface area contributed by atoms with E-state index < -0.39 is 29.3 Å². The van der Waals surface area contributed by atoms with Gasteiger partial charge >= 0.3 is 5.97 Å². The fourth-order valence-corrected chi connectivity index (χ4v) is 5.48. The van der Waals surface area contributed by atoms with E-state index in [1.807, 2.05) is 41.1 Å². The monoisotopic (exact) mass is 452 g/mol. The van der Waals surface area contributed by atoms with Crippen molar-refractivity contribution >= 4 is 40.6 Å². The fraction of sp³-hybridized carbons (Fsp3) is 0.217. The van der Waals surface area contributed by atoms with Crippen LogP contribution < -0.4 is 9.67 Å². The number of hydrogen-bond acceptors (Lipinski definition) is 6. The largest absolute Gasteiger partial charge is 0.545 e. The second-order valence-electron chi connectivity index (χ2n) is 7.62. The molecule has 2 aliphatic heterocycles. The summed E-state index contributed by atoms with van der Waals surface area (Å²) in [5, 5.41) is 29.7. The van der Waals surface area contributed by atoms with Gasteiger partial charge in [0, 0.05) is 22.1 Å². The predicted molar refractivity (Wildman–Crippen MR) is 114 cm³/mol. The highest BCUT2D eigenvalue weighted by atomic mass is 32.2. The van der Waals surface area contributed by atoms with Crippen LogP contribution in [0.25, 0.3) is 11.0 Å². The number of carboxylic acids is 2. The van der Waals surface area contributed by atoms with Crippen LogP contribution in [0.2, 0.25) is 0 Å². The van der Waals surface area contributed by atoms with Gasteiger partial charge in [0.25, 0.3) is 0 Å². The lowest BCUT2D eigenvalue weighted by molar-refractivity contribution is -0.688. The van der Waals surface area contributed by atoms with Crippen LogP contribution in [0.1, 0.15) is 23.6 Å². The summed E-state index contributed by atoms with van der Waals surface area (Å²) in [6, 6.07) is 11.0. The van der Waals surface area contributed by atoms with Gasteiger partial charge in [-0.15, -0.1) is 0 Å². The number of amides is 1. The van der Waals surface area contributed by atoms with E-state index in [9.17, 15) is 29.7 Å². The zero-order chi connectivity index (χ0) is 23.0. The number of hydrogen-bond donors (Lipinski definition) is 2.